The number of halogens is 2. The lowest BCUT2D eigenvalue weighted by Gasteiger charge is -2.27. The Balaban J connectivity index is 1.64. The van der Waals surface area contributed by atoms with Gasteiger partial charge in [0.05, 0.1) is 5.92 Å². The van der Waals surface area contributed by atoms with Crippen molar-refractivity contribution in [3.8, 4) is 11.5 Å². The van der Waals surface area contributed by atoms with Gasteiger partial charge in [-0.1, -0.05) is 51.9 Å². The number of hydrogen-bond acceptors (Lipinski definition) is 3. The van der Waals surface area contributed by atoms with Gasteiger partial charge in [0.15, 0.2) is 0 Å². The lowest BCUT2D eigenvalue weighted by atomic mass is 9.80. The van der Waals surface area contributed by atoms with Crippen molar-refractivity contribution in [2.24, 2.45) is 11.8 Å². The van der Waals surface area contributed by atoms with E-state index in [1.54, 1.807) is 0 Å². The standard InChI is InChI=1S/C22H32F2O3/c1-2-3-4-5-6-7-8-17-9-11-18(12-10-17)21(25)26-19-13-15-20(16-14-19)27-22(23)24/h13-18,22H,2-12H2,1H3. The average Bonchev–Trinajstić information content (AvgIpc) is 2.66. The Labute approximate surface area is 161 Å². The minimum Gasteiger partial charge on any atom is -0.435 e. The highest BCUT2D eigenvalue weighted by molar-refractivity contribution is 5.75. The predicted octanol–water partition coefficient (Wildman–Crippen LogP) is 6.75. The molecule has 2 rings (SSSR count). The van der Waals surface area contributed by atoms with Gasteiger partial charge in [-0.2, -0.15) is 8.78 Å². The molecule has 0 bridgehead atoms. The summed E-state index contributed by atoms with van der Waals surface area (Å²) < 4.78 is 34.0. The number of alkyl halides is 2. The summed E-state index contributed by atoms with van der Waals surface area (Å²) in [5.74, 6) is 0.903. The van der Waals surface area contributed by atoms with Gasteiger partial charge in [0.2, 0.25) is 0 Å². The van der Waals surface area contributed by atoms with Gasteiger partial charge in [-0.15, -0.1) is 0 Å². The van der Waals surface area contributed by atoms with Crippen LogP contribution in [0.15, 0.2) is 24.3 Å². The van der Waals surface area contributed by atoms with E-state index in [0.29, 0.717) is 5.75 Å². The molecule has 1 aromatic rings. The lowest BCUT2D eigenvalue weighted by Crippen LogP contribution is -2.25. The molecule has 1 aliphatic rings. The van der Waals surface area contributed by atoms with E-state index in [-0.39, 0.29) is 17.6 Å². The minimum atomic E-state index is -2.86. The molecule has 0 N–H and O–H groups in total. The van der Waals surface area contributed by atoms with Crippen molar-refractivity contribution < 1.29 is 23.0 Å². The van der Waals surface area contributed by atoms with E-state index < -0.39 is 6.61 Å². The molecule has 5 heteroatoms. The molecule has 1 aromatic carbocycles. The Hall–Kier alpha value is -1.65. The molecule has 0 amide bonds. The van der Waals surface area contributed by atoms with Crippen LogP contribution >= 0.6 is 0 Å². The van der Waals surface area contributed by atoms with Crippen LogP contribution in [0.5, 0.6) is 11.5 Å². The molecule has 1 fully saturated rings. The molecular formula is C22H32F2O3. The second kappa shape index (κ2) is 11.9. The monoisotopic (exact) mass is 382 g/mol. The van der Waals surface area contributed by atoms with Crippen molar-refractivity contribution in [1.29, 1.82) is 0 Å². The predicted molar refractivity (Wildman–Crippen MR) is 102 cm³/mol. The third-order valence-electron chi connectivity index (χ3n) is 5.41. The Kier molecular flexibility index (Phi) is 9.57. The number of esters is 1. The van der Waals surface area contributed by atoms with Crippen LogP contribution in [0, 0.1) is 11.8 Å². The fraction of sp³-hybridized carbons (Fsp3) is 0.682. The largest absolute Gasteiger partial charge is 0.435 e. The second-order valence-electron chi connectivity index (χ2n) is 7.55. The number of hydrogen-bond donors (Lipinski definition) is 0. The summed E-state index contributed by atoms with van der Waals surface area (Å²) in [6, 6.07) is 5.73. The highest BCUT2D eigenvalue weighted by Crippen LogP contribution is 2.33. The zero-order valence-electron chi connectivity index (χ0n) is 16.3. The molecule has 1 saturated carbocycles. The molecule has 0 radical (unpaired) electrons. The molecule has 0 spiro atoms. The van der Waals surface area contributed by atoms with E-state index in [4.69, 9.17) is 4.74 Å². The van der Waals surface area contributed by atoms with Crippen LogP contribution < -0.4 is 9.47 Å². The maximum atomic E-state index is 12.3. The van der Waals surface area contributed by atoms with Gasteiger partial charge in [-0.3, -0.25) is 4.79 Å². The van der Waals surface area contributed by atoms with Crippen LogP contribution in [0.2, 0.25) is 0 Å². The lowest BCUT2D eigenvalue weighted by molar-refractivity contribution is -0.140. The molecule has 27 heavy (non-hydrogen) atoms. The molecule has 0 unspecified atom stereocenters. The number of carbonyl (C=O) groups excluding carboxylic acids is 1. The first-order valence-electron chi connectivity index (χ1n) is 10.3. The zero-order valence-corrected chi connectivity index (χ0v) is 16.3. The number of rotatable bonds is 11. The molecule has 0 atom stereocenters. The molecule has 0 saturated heterocycles. The summed E-state index contributed by atoms with van der Waals surface area (Å²) in [5.41, 5.74) is 0. The fourth-order valence-corrected chi connectivity index (χ4v) is 3.79. The highest BCUT2D eigenvalue weighted by Gasteiger charge is 2.27. The summed E-state index contributed by atoms with van der Waals surface area (Å²) >= 11 is 0. The second-order valence-corrected chi connectivity index (χ2v) is 7.55. The summed E-state index contributed by atoms with van der Waals surface area (Å²) in [4.78, 5) is 12.3. The molecule has 152 valence electrons. The molecular weight excluding hydrogens is 350 g/mol. The van der Waals surface area contributed by atoms with Gasteiger partial charge < -0.3 is 9.47 Å². The summed E-state index contributed by atoms with van der Waals surface area (Å²) in [5, 5.41) is 0. The maximum Gasteiger partial charge on any atom is 0.387 e. The molecule has 3 nitrogen and oxygen atoms in total. The Morgan fingerprint density at radius 1 is 0.963 bits per heavy atom. The number of benzene rings is 1. The van der Waals surface area contributed by atoms with Gasteiger partial charge in [0, 0.05) is 0 Å². The third-order valence-corrected chi connectivity index (χ3v) is 5.41. The van der Waals surface area contributed by atoms with Crippen molar-refractivity contribution in [1.82, 2.24) is 0 Å². The minimum absolute atomic E-state index is 0.0530. The zero-order chi connectivity index (χ0) is 19.5. The number of ether oxygens (including phenoxy) is 2. The maximum absolute atomic E-state index is 12.3. The quantitative estimate of drug-likeness (QED) is 0.241. The van der Waals surface area contributed by atoms with Gasteiger partial charge in [0.25, 0.3) is 0 Å². The molecule has 0 aliphatic heterocycles. The molecule has 0 aromatic heterocycles. The van der Waals surface area contributed by atoms with Crippen LogP contribution in [-0.2, 0) is 4.79 Å². The van der Waals surface area contributed by atoms with Crippen molar-refractivity contribution in [3.05, 3.63) is 24.3 Å². The van der Waals surface area contributed by atoms with Crippen molar-refractivity contribution in [2.75, 3.05) is 0 Å². The first-order chi connectivity index (χ1) is 13.1. The van der Waals surface area contributed by atoms with Crippen LogP contribution in [-0.4, -0.2) is 12.6 Å². The van der Waals surface area contributed by atoms with E-state index in [1.165, 1.54) is 69.2 Å². The molecule has 1 aliphatic carbocycles. The fourth-order valence-electron chi connectivity index (χ4n) is 3.79. The Bertz CT molecular complexity index is 537. The van der Waals surface area contributed by atoms with E-state index in [9.17, 15) is 13.6 Å². The van der Waals surface area contributed by atoms with E-state index in [0.717, 1.165) is 31.6 Å². The van der Waals surface area contributed by atoms with Gasteiger partial charge in [-0.05, 0) is 55.9 Å². The van der Waals surface area contributed by atoms with Crippen LogP contribution in [0.25, 0.3) is 0 Å². The molecule has 0 heterocycles. The first kappa shape index (κ1) is 21.6. The first-order valence-corrected chi connectivity index (χ1v) is 10.3. The van der Waals surface area contributed by atoms with E-state index >= 15 is 0 Å². The topological polar surface area (TPSA) is 35.5 Å². The van der Waals surface area contributed by atoms with E-state index in [1.807, 2.05) is 0 Å². The van der Waals surface area contributed by atoms with Gasteiger partial charge in [0.1, 0.15) is 11.5 Å². The highest BCUT2D eigenvalue weighted by atomic mass is 19.3. The summed E-state index contributed by atoms with van der Waals surface area (Å²) in [7, 11) is 0. The number of carbonyl (C=O) groups is 1. The Morgan fingerprint density at radius 3 is 2.19 bits per heavy atom. The average molecular weight is 382 g/mol. The van der Waals surface area contributed by atoms with E-state index in [2.05, 4.69) is 11.7 Å². The van der Waals surface area contributed by atoms with Gasteiger partial charge >= 0.3 is 12.6 Å². The summed E-state index contributed by atoms with van der Waals surface area (Å²) in [6.07, 6.45) is 13.2. The normalized spacial score (nSPS) is 19.9. The van der Waals surface area contributed by atoms with Crippen molar-refractivity contribution >= 4 is 5.97 Å². The summed E-state index contributed by atoms with van der Waals surface area (Å²) in [6.45, 7) is -0.620. The SMILES string of the molecule is CCCCCCCCC1CCC(C(=O)Oc2ccc(OC(F)F)cc2)CC1. The van der Waals surface area contributed by atoms with Crippen molar-refractivity contribution in [3.63, 3.8) is 0 Å². The third kappa shape index (κ3) is 8.27. The van der Waals surface area contributed by atoms with Gasteiger partial charge in [-0.25, -0.2) is 0 Å². The van der Waals surface area contributed by atoms with Crippen LogP contribution in [0.4, 0.5) is 8.78 Å². The van der Waals surface area contributed by atoms with Crippen LogP contribution in [0.1, 0.15) is 77.6 Å². The van der Waals surface area contributed by atoms with Crippen molar-refractivity contribution in [2.45, 2.75) is 84.2 Å². The Morgan fingerprint density at radius 2 is 1.56 bits per heavy atom. The number of unbranched alkanes of at least 4 members (excludes halogenated alkanes) is 5. The smallest absolute Gasteiger partial charge is 0.387 e. The van der Waals surface area contributed by atoms with Crippen LogP contribution in [0.3, 0.4) is 0 Å².